The molecule has 1 saturated heterocycles. The first-order chi connectivity index (χ1) is 7.65. The molecule has 0 bridgehead atoms. The Hall–Kier alpha value is -1.04. The summed E-state index contributed by atoms with van der Waals surface area (Å²) in [5, 5.41) is 0. The molecule has 2 heteroatoms. The lowest BCUT2D eigenvalue weighted by Gasteiger charge is -2.29. The van der Waals surface area contributed by atoms with Crippen LogP contribution in [0.2, 0.25) is 0 Å². The second-order valence-corrected chi connectivity index (χ2v) is 4.60. The normalized spacial score (nSPS) is 17.4. The number of hydrogen-bond donors (Lipinski definition) is 0. The molecule has 0 aromatic carbocycles. The molecular formula is C14H22N2. The van der Waals surface area contributed by atoms with Crippen molar-refractivity contribution in [1.82, 2.24) is 9.80 Å². The monoisotopic (exact) mass is 218 g/mol. The van der Waals surface area contributed by atoms with Crippen LogP contribution >= 0.6 is 0 Å². The van der Waals surface area contributed by atoms with Crippen molar-refractivity contribution < 1.29 is 0 Å². The maximum absolute atomic E-state index is 3.74. The van der Waals surface area contributed by atoms with E-state index < -0.39 is 0 Å². The summed E-state index contributed by atoms with van der Waals surface area (Å²) in [4.78, 5) is 4.65. The van der Waals surface area contributed by atoms with E-state index in [1.54, 1.807) is 0 Å². The van der Waals surface area contributed by atoms with Crippen LogP contribution in [0.1, 0.15) is 12.8 Å². The van der Waals surface area contributed by atoms with Crippen LogP contribution in [0.5, 0.6) is 0 Å². The Morgan fingerprint density at radius 3 is 2.19 bits per heavy atom. The summed E-state index contributed by atoms with van der Waals surface area (Å²) in [6.07, 6.45) is 2.15. The lowest BCUT2D eigenvalue weighted by molar-refractivity contribution is 0.276. The topological polar surface area (TPSA) is 6.48 Å². The number of piperidine rings is 1. The van der Waals surface area contributed by atoms with Gasteiger partial charge in [0.15, 0.2) is 0 Å². The third kappa shape index (κ3) is 4.22. The minimum atomic E-state index is 0.956. The Morgan fingerprint density at radius 2 is 1.75 bits per heavy atom. The second-order valence-electron chi connectivity index (χ2n) is 4.60. The average molecular weight is 218 g/mol. The highest BCUT2D eigenvalue weighted by molar-refractivity contribution is 5.20. The van der Waals surface area contributed by atoms with Crippen molar-refractivity contribution in [3.63, 3.8) is 0 Å². The van der Waals surface area contributed by atoms with Gasteiger partial charge in [-0.05, 0) is 38.2 Å². The maximum Gasteiger partial charge on any atom is 0.0275 e. The molecule has 0 N–H and O–H groups in total. The summed E-state index contributed by atoms with van der Waals surface area (Å²) in [6.45, 7) is 11.7. The summed E-state index contributed by atoms with van der Waals surface area (Å²) in [7, 11) is 4.22. The van der Waals surface area contributed by atoms with Gasteiger partial charge in [-0.2, -0.15) is 0 Å². The minimum Gasteiger partial charge on any atom is -0.309 e. The molecule has 1 aliphatic rings. The Labute approximate surface area is 99.2 Å². The molecule has 1 aliphatic heterocycles. The van der Waals surface area contributed by atoms with Crippen LogP contribution < -0.4 is 0 Å². The Morgan fingerprint density at radius 1 is 1.19 bits per heavy atom. The van der Waals surface area contributed by atoms with Gasteiger partial charge in [-0.1, -0.05) is 13.2 Å². The summed E-state index contributed by atoms with van der Waals surface area (Å²) < 4.78 is 0. The predicted octanol–water partition coefficient (Wildman–Crippen LogP) is 2.07. The van der Waals surface area contributed by atoms with Gasteiger partial charge >= 0.3 is 0 Å². The van der Waals surface area contributed by atoms with E-state index in [4.69, 9.17) is 0 Å². The van der Waals surface area contributed by atoms with Crippen molar-refractivity contribution in [2.45, 2.75) is 12.8 Å². The van der Waals surface area contributed by atoms with Gasteiger partial charge in [0, 0.05) is 26.1 Å². The highest BCUT2D eigenvalue weighted by Crippen LogP contribution is 2.18. The van der Waals surface area contributed by atoms with Crippen LogP contribution in [-0.2, 0) is 0 Å². The summed E-state index contributed by atoms with van der Waals surface area (Å²) in [5.74, 6) is 0. The largest absolute Gasteiger partial charge is 0.309 e. The first-order valence-electron chi connectivity index (χ1n) is 5.78. The SMILES string of the molecule is C=C=C1CC(=C=C)CN(CCCN(C)C)C1. The second kappa shape index (κ2) is 6.52. The molecule has 0 saturated carbocycles. The quantitative estimate of drug-likeness (QED) is 0.667. The molecule has 2 nitrogen and oxygen atoms in total. The molecular weight excluding hydrogens is 196 g/mol. The molecule has 1 rings (SSSR count). The zero-order valence-corrected chi connectivity index (χ0v) is 10.6. The average Bonchev–Trinajstić information content (AvgIpc) is 2.28. The van der Waals surface area contributed by atoms with E-state index in [2.05, 4.69) is 48.5 Å². The summed E-state index contributed by atoms with van der Waals surface area (Å²) in [6, 6.07) is 0. The molecule has 0 aromatic rings. The van der Waals surface area contributed by atoms with Gasteiger partial charge in [-0.3, -0.25) is 4.90 Å². The molecule has 0 radical (unpaired) electrons. The molecule has 0 aromatic heterocycles. The maximum atomic E-state index is 3.74. The molecule has 0 spiro atoms. The number of nitrogens with zero attached hydrogens (tertiary/aromatic N) is 2. The highest BCUT2D eigenvalue weighted by atomic mass is 15.1. The van der Waals surface area contributed by atoms with Crippen molar-refractivity contribution in [3.05, 3.63) is 35.8 Å². The standard InChI is InChI=1S/C14H22N2/c1-5-13-10-14(6-2)12-16(11-13)9-7-8-15(3)4/h1-2,7-12H2,3-4H3. The van der Waals surface area contributed by atoms with E-state index in [-0.39, 0.29) is 0 Å². The van der Waals surface area contributed by atoms with Crippen LogP contribution in [0.15, 0.2) is 35.8 Å². The molecule has 16 heavy (non-hydrogen) atoms. The summed E-state index contributed by atoms with van der Waals surface area (Å²) in [5.41, 5.74) is 8.58. The molecule has 0 unspecified atom stereocenters. The molecule has 0 amide bonds. The van der Waals surface area contributed by atoms with E-state index in [1.165, 1.54) is 17.6 Å². The van der Waals surface area contributed by atoms with E-state index in [9.17, 15) is 0 Å². The van der Waals surface area contributed by atoms with E-state index in [0.29, 0.717) is 0 Å². The smallest absolute Gasteiger partial charge is 0.0275 e. The van der Waals surface area contributed by atoms with Gasteiger partial charge in [-0.25, -0.2) is 0 Å². The fourth-order valence-corrected chi connectivity index (χ4v) is 1.97. The predicted molar refractivity (Wildman–Crippen MR) is 69.5 cm³/mol. The molecule has 88 valence electrons. The van der Waals surface area contributed by atoms with Gasteiger partial charge in [-0.15, -0.1) is 11.5 Å². The van der Waals surface area contributed by atoms with Gasteiger partial charge in [0.2, 0.25) is 0 Å². The Balaban J connectivity index is 2.47. The molecule has 0 atom stereocenters. The van der Waals surface area contributed by atoms with Gasteiger partial charge < -0.3 is 4.90 Å². The van der Waals surface area contributed by atoms with Crippen LogP contribution in [-0.4, -0.2) is 50.1 Å². The van der Waals surface area contributed by atoms with Gasteiger partial charge in [0.05, 0.1) is 0 Å². The third-order valence-electron chi connectivity index (χ3n) is 2.84. The van der Waals surface area contributed by atoms with Crippen molar-refractivity contribution in [1.29, 1.82) is 0 Å². The Bertz CT molecular complexity index is 303. The molecule has 1 heterocycles. The fourth-order valence-electron chi connectivity index (χ4n) is 1.97. The lowest BCUT2D eigenvalue weighted by atomic mass is 10.0. The van der Waals surface area contributed by atoms with Crippen LogP contribution in [0.4, 0.5) is 0 Å². The van der Waals surface area contributed by atoms with Crippen LogP contribution in [0.25, 0.3) is 0 Å². The molecule has 1 fully saturated rings. The summed E-state index contributed by atoms with van der Waals surface area (Å²) >= 11 is 0. The first-order valence-corrected chi connectivity index (χ1v) is 5.78. The number of hydrogen-bond acceptors (Lipinski definition) is 2. The highest BCUT2D eigenvalue weighted by Gasteiger charge is 2.16. The third-order valence-corrected chi connectivity index (χ3v) is 2.84. The zero-order valence-electron chi connectivity index (χ0n) is 10.6. The van der Waals surface area contributed by atoms with Crippen molar-refractivity contribution >= 4 is 0 Å². The molecule has 0 aliphatic carbocycles. The van der Waals surface area contributed by atoms with Crippen molar-refractivity contribution in [3.8, 4) is 0 Å². The van der Waals surface area contributed by atoms with Crippen molar-refractivity contribution in [2.75, 3.05) is 40.3 Å². The lowest BCUT2D eigenvalue weighted by Crippen LogP contribution is -2.34. The van der Waals surface area contributed by atoms with E-state index in [0.717, 1.165) is 32.6 Å². The number of likely N-dealkylation sites (tertiary alicyclic amines) is 1. The van der Waals surface area contributed by atoms with E-state index >= 15 is 0 Å². The van der Waals surface area contributed by atoms with Gasteiger partial charge in [0.1, 0.15) is 0 Å². The zero-order chi connectivity index (χ0) is 12.0. The Kier molecular flexibility index (Phi) is 5.31. The van der Waals surface area contributed by atoms with Crippen LogP contribution in [0, 0.1) is 0 Å². The number of rotatable bonds is 4. The van der Waals surface area contributed by atoms with Crippen LogP contribution in [0.3, 0.4) is 0 Å². The fraction of sp³-hybridized carbons (Fsp3) is 0.571. The minimum absolute atomic E-state index is 0.956. The van der Waals surface area contributed by atoms with Crippen molar-refractivity contribution in [2.24, 2.45) is 0 Å². The van der Waals surface area contributed by atoms with E-state index in [1.807, 2.05) is 0 Å². The van der Waals surface area contributed by atoms with Gasteiger partial charge in [0.25, 0.3) is 0 Å². The first kappa shape index (κ1) is 13.0.